The minimum Gasteiger partial charge on any atom is -0.496 e. The highest BCUT2D eigenvalue weighted by Crippen LogP contribution is 2.21. The number of benzene rings is 2. The van der Waals surface area contributed by atoms with Gasteiger partial charge in [-0.25, -0.2) is 4.39 Å². The first kappa shape index (κ1) is 12.3. The summed E-state index contributed by atoms with van der Waals surface area (Å²) in [6.07, 6.45) is 0.281. The van der Waals surface area contributed by atoms with Crippen molar-refractivity contribution in [2.45, 2.75) is 6.42 Å². The molecule has 0 aliphatic rings. The molecule has 0 aliphatic carbocycles. The van der Waals surface area contributed by atoms with Gasteiger partial charge in [0.15, 0.2) is 5.78 Å². The summed E-state index contributed by atoms with van der Waals surface area (Å²) < 4.78 is 18.1. The number of carbonyl (C=O) groups is 1. The van der Waals surface area contributed by atoms with Crippen molar-refractivity contribution in [1.29, 1.82) is 0 Å². The van der Waals surface area contributed by atoms with Gasteiger partial charge in [-0.15, -0.1) is 0 Å². The molecule has 18 heavy (non-hydrogen) atoms. The molecule has 92 valence electrons. The summed E-state index contributed by atoms with van der Waals surface area (Å²) in [6, 6.07) is 13.4. The van der Waals surface area contributed by atoms with Crippen molar-refractivity contribution in [2.75, 3.05) is 7.11 Å². The largest absolute Gasteiger partial charge is 0.496 e. The van der Waals surface area contributed by atoms with Crippen molar-refractivity contribution >= 4 is 5.78 Å². The Morgan fingerprint density at radius 3 is 2.56 bits per heavy atom. The summed E-state index contributed by atoms with van der Waals surface area (Å²) in [5.41, 5.74) is 1.33. The molecule has 0 amide bonds. The summed E-state index contributed by atoms with van der Waals surface area (Å²) in [4.78, 5) is 12.1. The Morgan fingerprint density at radius 1 is 1.17 bits per heavy atom. The maximum absolute atomic E-state index is 13.0. The van der Waals surface area contributed by atoms with Crippen molar-refractivity contribution in [2.24, 2.45) is 0 Å². The number of carbonyl (C=O) groups excluding carboxylic acids is 1. The second kappa shape index (κ2) is 5.45. The average molecular weight is 244 g/mol. The first-order valence-corrected chi connectivity index (χ1v) is 5.61. The Bertz CT molecular complexity index is 550. The lowest BCUT2D eigenvalue weighted by Crippen LogP contribution is -2.06. The van der Waals surface area contributed by atoms with E-state index in [-0.39, 0.29) is 18.0 Å². The molecule has 2 aromatic rings. The van der Waals surface area contributed by atoms with E-state index in [1.54, 1.807) is 0 Å². The summed E-state index contributed by atoms with van der Waals surface area (Å²) in [6.45, 7) is 0. The van der Waals surface area contributed by atoms with Gasteiger partial charge in [0.25, 0.3) is 0 Å². The van der Waals surface area contributed by atoms with E-state index in [0.717, 1.165) is 5.56 Å². The van der Waals surface area contributed by atoms with Crippen LogP contribution in [0.4, 0.5) is 4.39 Å². The molecule has 0 heterocycles. The molecule has 0 aliphatic heterocycles. The van der Waals surface area contributed by atoms with E-state index in [1.807, 2.05) is 30.3 Å². The van der Waals surface area contributed by atoms with E-state index in [0.29, 0.717) is 5.56 Å². The molecular formula is C15H13FO2. The maximum Gasteiger partial charge on any atom is 0.170 e. The number of hydrogen-bond acceptors (Lipinski definition) is 2. The Balaban J connectivity index is 2.24. The zero-order valence-electron chi connectivity index (χ0n) is 10.0. The van der Waals surface area contributed by atoms with Gasteiger partial charge < -0.3 is 4.74 Å². The highest BCUT2D eigenvalue weighted by molar-refractivity contribution is 5.99. The van der Waals surface area contributed by atoms with Gasteiger partial charge in [0, 0.05) is 12.5 Å². The molecule has 0 fully saturated rings. The Kier molecular flexibility index (Phi) is 3.72. The molecule has 2 aromatic carbocycles. The second-order valence-corrected chi connectivity index (χ2v) is 3.93. The van der Waals surface area contributed by atoms with Crippen LogP contribution in [0.2, 0.25) is 0 Å². The van der Waals surface area contributed by atoms with Crippen molar-refractivity contribution in [1.82, 2.24) is 0 Å². The first-order chi connectivity index (χ1) is 8.70. The third-order valence-electron chi connectivity index (χ3n) is 2.67. The van der Waals surface area contributed by atoms with E-state index in [4.69, 9.17) is 4.74 Å². The second-order valence-electron chi connectivity index (χ2n) is 3.93. The van der Waals surface area contributed by atoms with Gasteiger partial charge in [-0.2, -0.15) is 0 Å². The molecule has 2 rings (SSSR count). The van der Waals surface area contributed by atoms with Crippen LogP contribution in [0.3, 0.4) is 0 Å². The third kappa shape index (κ3) is 2.74. The fraction of sp³-hybridized carbons (Fsp3) is 0.133. The number of Topliss-reactive ketones (excluding diaryl/α,β-unsaturated/α-hetero) is 1. The van der Waals surface area contributed by atoms with Crippen LogP contribution in [-0.2, 0) is 6.42 Å². The molecular weight excluding hydrogens is 231 g/mol. The minimum atomic E-state index is -0.414. The molecule has 0 bridgehead atoms. The smallest absolute Gasteiger partial charge is 0.170 e. The lowest BCUT2D eigenvalue weighted by molar-refractivity contribution is 0.0990. The number of ketones is 1. The summed E-state index contributed by atoms with van der Waals surface area (Å²) >= 11 is 0. The highest BCUT2D eigenvalue weighted by Gasteiger charge is 2.13. The first-order valence-electron chi connectivity index (χ1n) is 5.61. The molecule has 3 heteroatoms. The number of rotatable bonds is 4. The average Bonchev–Trinajstić information content (AvgIpc) is 2.39. The molecule has 0 spiro atoms. The van der Waals surface area contributed by atoms with Crippen LogP contribution in [0, 0.1) is 5.82 Å². The van der Waals surface area contributed by atoms with Crippen LogP contribution in [0.1, 0.15) is 15.9 Å². The van der Waals surface area contributed by atoms with Crippen LogP contribution in [-0.4, -0.2) is 12.9 Å². The molecule has 2 nitrogen and oxygen atoms in total. The monoisotopic (exact) mass is 244 g/mol. The number of halogens is 1. The van der Waals surface area contributed by atoms with Gasteiger partial charge in [0.2, 0.25) is 0 Å². The number of hydrogen-bond donors (Lipinski definition) is 0. The molecule has 0 N–H and O–H groups in total. The Hall–Kier alpha value is -2.16. The molecule has 0 atom stereocenters. The summed E-state index contributed by atoms with van der Waals surface area (Å²) in [7, 11) is 1.42. The van der Waals surface area contributed by atoms with Crippen molar-refractivity contribution in [3.05, 3.63) is 65.5 Å². The number of ether oxygens (including phenoxy) is 1. The molecule has 0 radical (unpaired) electrons. The normalized spacial score (nSPS) is 10.1. The van der Waals surface area contributed by atoms with Crippen LogP contribution in [0.15, 0.2) is 48.5 Å². The van der Waals surface area contributed by atoms with Crippen LogP contribution in [0.25, 0.3) is 0 Å². The van der Waals surface area contributed by atoms with E-state index in [9.17, 15) is 9.18 Å². The molecule has 0 saturated carbocycles. The van der Waals surface area contributed by atoms with Crippen molar-refractivity contribution in [3.8, 4) is 5.75 Å². The van der Waals surface area contributed by atoms with Gasteiger partial charge in [0.05, 0.1) is 12.7 Å². The highest BCUT2D eigenvalue weighted by atomic mass is 19.1. The lowest BCUT2D eigenvalue weighted by Gasteiger charge is -2.07. The molecule has 0 aromatic heterocycles. The topological polar surface area (TPSA) is 26.3 Å². The summed E-state index contributed by atoms with van der Waals surface area (Å²) in [5.74, 6) is -0.225. The Morgan fingerprint density at radius 2 is 1.89 bits per heavy atom. The van der Waals surface area contributed by atoms with Gasteiger partial charge >= 0.3 is 0 Å². The lowest BCUT2D eigenvalue weighted by atomic mass is 10.0. The van der Waals surface area contributed by atoms with Crippen molar-refractivity contribution < 1.29 is 13.9 Å². The number of methoxy groups -OCH3 is 1. The van der Waals surface area contributed by atoms with Gasteiger partial charge in [0.1, 0.15) is 11.6 Å². The quantitative estimate of drug-likeness (QED) is 0.772. The minimum absolute atomic E-state index is 0.0851. The zero-order chi connectivity index (χ0) is 13.0. The third-order valence-corrected chi connectivity index (χ3v) is 2.67. The zero-order valence-corrected chi connectivity index (χ0v) is 10.0. The standard InChI is InChI=1S/C15H13FO2/c1-18-15-10-12(16)7-8-13(15)14(17)9-11-5-3-2-4-6-11/h2-8,10H,9H2,1H3. The predicted octanol–water partition coefficient (Wildman–Crippen LogP) is 3.26. The predicted molar refractivity (Wildman–Crippen MR) is 67.4 cm³/mol. The van der Waals surface area contributed by atoms with Crippen LogP contribution < -0.4 is 4.74 Å². The van der Waals surface area contributed by atoms with E-state index < -0.39 is 5.82 Å². The fourth-order valence-electron chi connectivity index (χ4n) is 1.77. The van der Waals surface area contributed by atoms with Gasteiger partial charge in [-0.1, -0.05) is 30.3 Å². The fourth-order valence-corrected chi connectivity index (χ4v) is 1.77. The van der Waals surface area contributed by atoms with Crippen molar-refractivity contribution in [3.63, 3.8) is 0 Å². The van der Waals surface area contributed by atoms with E-state index in [1.165, 1.54) is 25.3 Å². The van der Waals surface area contributed by atoms with Gasteiger partial charge in [-0.3, -0.25) is 4.79 Å². The Labute approximate surface area is 105 Å². The molecule has 0 unspecified atom stereocenters. The van der Waals surface area contributed by atoms with E-state index in [2.05, 4.69) is 0 Å². The molecule has 0 saturated heterocycles. The van der Waals surface area contributed by atoms with Crippen LogP contribution in [0.5, 0.6) is 5.75 Å². The van der Waals surface area contributed by atoms with Gasteiger partial charge in [-0.05, 0) is 17.7 Å². The summed E-state index contributed by atoms with van der Waals surface area (Å²) in [5, 5.41) is 0. The van der Waals surface area contributed by atoms with Crippen LogP contribution >= 0.6 is 0 Å². The van der Waals surface area contributed by atoms with E-state index >= 15 is 0 Å². The SMILES string of the molecule is COc1cc(F)ccc1C(=O)Cc1ccccc1. The maximum atomic E-state index is 13.0.